The predicted molar refractivity (Wildman–Crippen MR) is 84.9 cm³/mol. The lowest BCUT2D eigenvalue weighted by Gasteiger charge is -2.12. The van der Waals surface area contributed by atoms with Crippen LogP contribution in [-0.2, 0) is 9.05 Å². The Morgan fingerprint density at radius 1 is 0.636 bits per heavy atom. The maximum absolute atomic E-state index is 9.55. The van der Waals surface area contributed by atoms with Crippen molar-refractivity contribution in [3.05, 3.63) is 60.7 Å². The van der Waals surface area contributed by atoms with Crippen molar-refractivity contribution < 1.29 is 23.4 Å². The van der Waals surface area contributed by atoms with Crippen molar-refractivity contribution in [2.24, 2.45) is 0 Å². The highest BCUT2D eigenvalue weighted by Gasteiger charge is 2.06. The molecule has 0 aromatic heterocycles. The Labute approximate surface area is 131 Å². The highest BCUT2D eigenvalue weighted by atomic mass is 31.2. The van der Waals surface area contributed by atoms with Crippen LogP contribution >= 0.6 is 8.60 Å². The fourth-order valence-corrected chi connectivity index (χ4v) is 2.16. The first kappa shape index (κ1) is 16.7. The van der Waals surface area contributed by atoms with Crippen LogP contribution in [0.15, 0.2) is 60.7 Å². The summed E-state index contributed by atoms with van der Waals surface area (Å²) >= 11 is 0. The van der Waals surface area contributed by atoms with Gasteiger partial charge in [0, 0.05) is 0 Å². The Morgan fingerprint density at radius 2 is 1.05 bits per heavy atom. The van der Waals surface area contributed by atoms with Gasteiger partial charge in [0.05, 0.1) is 13.2 Å². The van der Waals surface area contributed by atoms with E-state index in [9.17, 15) is 4.89 Å². The van der Waals surface area contributed by atoms with Crippen LogP contribution in [0.25, 0.3) is 0 Å². The van der Waals surface area contributed by atoms with Crippen LogP contribution in [0.3, 0.4) is 0 Å². The van der Waals surface area contributed by atoms with Crippen molar-refractivity contribution in [3.8, 4) is 11.5 Å². The van der Waals surface area contributed by atoms with Gasteiger partial charge >= 0.3 is 8.60 Å². The summed E-state index contributed by atoms with van der Waals surface area (Å²) in [6.07, 6.45) is 0. The summed E-state index contributed by atoms with van der Waals surface area (Å²) in [4.78, 5) is 9.55. The summed E-state index contributed by atoms with van der Waals surface area (Å²) in [7, 11) is -1.90. The molecule has 6 heteroatoms. The summed E-state index contributed by atoms with van der Waals surface area (Å²) in [6, 6.07) is 18.9. The van der Waals surface area contributed by atoms with Crippen molar-refractivity contribution >= 4 is 8.60 Å². The number of benzene rings is 2. The molecule has 0 bridgehead atoms. The van der Waals surface area contributed by atoms with Gasteiger partial charge in [0.2, 0.25) is 0 Å². The zero-order chi connectivity index (χ0) is 15.5. The van der Waals surface area contributed by atoms with E-state index < -0.39 is 8.60 Å². The minimum absolute atomic E-state index is 0.261. The highest BCUT2D eigenvalue weighted by Crippen LogP contribution is 2.32. The molecule has 2 rings (SSSR count). The van der Waals surface area contributed by atoms with E-state index in [1.807, 2.05) is 60.7 Å². The molecule has 0 unspecified atom stereocenters. The molecular formula is C16H19O5P. The maximum atomic E-state index is 9.55. The molecule has 5 nitrogen and oxygen atoms in total. The standard InChI is InChI=1S/C16H19O5P/c17-22(20-13-11-18-15-7-3-1-4-8-15)21-14-12-19-16-9-5-2-6-10-16/h1-10,17H,11-14H2. The van der Waals surface area contributed by atoms with Gasteiger partial charge in [-0.1, -0.05) is 36.4 Å². The Hall–Kier alpha value is -1.65. The third-order valence-electron chi connectivity index (χ3n) is 2.59. The Balaban J connectivity index is 1.48. The second-order valence-corrected chi connectivity index (χ2v) is 5.22. The average Bonchev–Trinajstić information content (AvgIpc) is 2.57. The van der Waals surface area contributed by atoms with Crippen LogP contribution in [0.5, 0.6) is 11.5 Å². The van der Waals surface area contributed by atoms with Crippen molar-refractivity contribution in [1.29, 1.82) is 0 Å². The van der Waals surface area contributed by atoms with E-state index in [4.69, 9.17) is 18.5 Å². The summed E-state index contributed by atoms with van der Waals surface area (Å²) in [5, 5.41) is 0. The first-order chi connectivity index (χ1) is 10.8. The molecule has 2 aromatic rings. The van der Waals surface area contributed by atoms with Crippen molar-refractivity contribution in [3.63, 3.8) is 0 Å². The molecule has 0 aliphatic carbocycles. The van der Waals surface area contributed by atoms with Crippen LogP contribution < -0.4 is 9.47 Å². The van der Waals surface area contributed by atoms with E-state index in [0.717, 1.165) is 11.5 Å². The van der Waals surface area contributed by atoms with E-state index in [1.54, 1.807) is 0 Å². The molecule has 0 heterocycles. The summed E-state index contributed by atoms with van der Waals surface area (Å²) in [6.45, 7) is 1.23. The third kappa shape index (κ3) is 6.87. The van der Waals surface area contributed by atoms with Crippen molar-refractivity contribution in [2.75, 3.05) is 26.4 Å². The van der Waals surface area contributed by atoms with Gasteiger partial charge in [-0.3, -0.25) is 0 Å². The lowest BCUT2D eigenvalue weighted by molar-refractivity contribution is 0.149. The molecule has 0 saturated heterocycles. The normalized spacial score (nSPS) is 10.6. The molecule has 118 valence electrons. The molecule has 0 aliphatic rings. The highest BCUT2D eigenvalue weighted by molar-refractivity contribution is 7.40. The first-order valence-corrected chi connectivity index (χ1v) is 8.08. The summed E-state index contributed by atoms with van der Waals surface area (Å²) in [5.41, 5.74) is 0. The molecule has 0 radical (unpaired) electrons. The van der Waals surface area contributed by atoms with E-state index in [2.05, 4.69) is 0 Å². The van der Waals surface area contributed by atoms with Gasteiger partial charge in [0.25, 0.3) is 0 Å². The summed E-state index contributed by atoms with van der Waals surface area (Å²) in [5.74, 6) is 1.54. The predicted octanol–water partition coefficient (Wildman–Crippen LogP) is 3.40. The van der Waals surface area contributed by atoms with E-state index in [1.165, 1.54) is 0 Å². The second kappa shape index (κ2) is 10.1. The van der Waals surface area contributed by atoms with Gasteiger partial charge in [-0.2, -0.15) is 0 Å². The molecule has 0 spiro atoms. The van der Waals surface area contributed by atoms with Crippen LogP contribution in [0, 0.1) is 0 Å². The summed E-state index contributed by atoms with van der Waals surface area (Å²) < 4.78 is 21.1. The van der Waals surface area contributed by atoms with Crippen molar-refractivity contribution in [2.45, 2.75) is 0 Å². The van der Waals surface area contributed by atoms with E-state index >= 15 is 0 Å². The van der Waals surface area contributed by atoms with Gasteiger partial charge in [0.1, 0.15) is 24.7 Å². The number of rotatable bonds is 10. The third-order valence-corrected chi connectivity index (χ3v) is 3.40. The molecule has 2 aromatic carbocycles. The first-order valence-electron chi connectivity index (χ1n) is 6.95. The Bertz CT molecular complexity index is 461. The van der Waals surface area contributed by atoms with E-state index in [0.29, 0.717) is 13.2 Å². The molecular weight excluding hydrogens is 303 g/mol. The van der Waals surface area contributed by atoms with Gasteiger partial charge in [-0.25, -0.2) is 0 Å². The molecule has 0 aliphatic heterocycles. The maximum Gasteiger partial charge on any atom is 0.330 e. The minimum atomic E-state index is -1.90. The van der Waals surface area contributed by atoms with Gasteiger partial charge < -0.3 is 23.4 Å². The Morgan fingerprint density at radius 3 is 1.45 bits per heavy atom. The number of para-hydroxylation sites is 2. The fourth-order valence-electron chi connectivity index (χ4n) is 1.62. The van der Waals surface area contributed by atoms with Gasteiger partial charge in [-0.05, 0) is 24.3 Å². The fraction of sp³-hybridized carbons (Fsp3) is 0.250. The number of hydrogen-bond donors (Lipinski definition) is 1. The second-order valence-electron chi connectivity index (χ2n) is 4.23. The van der Waals surface area contributed by atoms with Crippen LogP contribution in [0.4, 0.5) is 0 Å². The molecule has 0 fully saturated rings. The zero-order valence-electron chi connectivity index (χ0n) is 12.1. The largest absolute Gasteiger partial charge is 0.491 e. The SMILES string of the molecule is OP(OCCOc1ccccc1)OCCOc1ccccc1. The smallest absolute Gasteiger partial charge is 0.330 e. The lowest BCUT2D eigenvalue weighted by Crippen LogP contribution is -2.07. The topological polar surface area (TPSA) is 57.2 Å². The molecule has 0 amide bonds. The number of hydrogen-bond acceptors (Lipinski definition) is 5. The van der Waals surface area contributed by atoms with Crippen LogP contribution in [-0.4, -0.2) is 31.3 Å². The van der Waals surface area contributed by atoms with Crippen LogP contribution in [0.2, 0.25) is 0 Å². The van der Waals surface area contributed by atoms with Crippen molar-refractivity contribution in [1.82, 2.24) is 0 Å². The number of ether oxygens (including phenoxy) is 2. The molecule has 1 N–H and O–H groups in total. The molecule has 22 heavy (non-hydrogen) atoms. The Kier molecular flexibility index (Phi) is 7.70. The molecule has 0 atom stereocenters. The monoisotopic (exact) mass is 322 g/mol. The minimum Gasteiger partial charge on any atom is -0.491 e. The van der Waals surface area contributed by atoms with Gasteiger partial charge in [0.15, 0.2) is 0 Å². The van der Waals surface area contributed by atoms with Crippen LogP contribution in [0.1, 0.15) is 0 Å². The lowest BCUT2D eigenvalue weighted by atomic mass is 10.3. The van der Waals surface area contributed by atoms with Gasteiger partial charge in [-0.15, -0.1) is 0 Å². The quantitative estimate of drug-likeness (QED) is 0.537. The van der Waals surface area contributed by atoms with E-state index in [-0.39, 0.29) is 13.2 Å². The zero-order valence-corrected chi connectivity index (χ0v) is 13.0. The molecule has 0 saturated carbocycles. The average molecular weight is 322 g/mol.